The number of amides is 2. The highest BCUT2D eigenvalue weighted by atomic mass is 35.5. The molecule has 2 amide bonds. The van der Waals surface area contributed by atoms with E-state index in [0.717, 1.165) is 29.9 Å². The highest BCUT2D eigenvalue weighted by Gasteiger charge is 2.45. The van der Waals surface area contributed by atoms with E-state index in [1.54, 1.807) is 6.92 Å². The van der Waals surface area contributed by atoms with E-state index in [2.05, 4.69) is 10.3 Å². The Hall–Kier alpha value is -3.36. The van der Waals surface area contributed by atoms with Gasteiger partial charge in [0.15, 0.2) is 6.29 Å². The number of thiophene rings is 1. The standard InChI is InChI=1S/C30H32ClN3O8S2/c1-16(35)39-25(27(37)32-13-21-12-19(14-43-21)11-20-7-4-5-8-22(20)31)26(40-17(2)36)29(38)34-10-6-9-24(34)28-33-23(15-44-28)30-41-18(3)42-30/h4-5,7-8,12,14-15,18,24-26,30H,6,9-11,13H2,1-3H3,(H,32,37)/t18?,24-,25-,26-,30?/m1/s1. The smallest absolute Gasteiger partial charge is 0.303 e. The summed E-state index contributed by atoms with van der Waals surface area (Å²) in [4.78, 5) is 58.5. The molecule has 0 unspecified atom stereocenters. The second-order valence-corrected chi connectivity index (χ2v) is 12.7. The van der Waals surface area contributed by atoms with Gasteiger partial charge in [0, 0.05) is 35.7 Å². The lowest BCUT2D eigenvalue weighted by Gasteiger charge is -2.32. The van der Waals surface area contributed by atoms with Crippen LogP contribution in [-0.2, 0) is 51.1 Å². The molecule has 1 aromatic carbocycles. The lowest BCUT2D eigenvalue weighted by molar-refractivity contribution is -0.383. The molecule has 2 aliphatic heterocycles. The Morgan fingerprint density at radius 3 is 2.52 bits per heavy atom. The molecule has 3 aromatic rings. The summed E-state index contributed by atoms with van der Waals surface area (Å²) in [5, 5.41) is 7.86. The average Bonchev–Trinajstić information content (AvgIpc) is 3.73. The number of nitrogens with zero attached hydrogens (tertiary/aromatic N) is 2. The van der Waals surface area contributed by atoms with Gasteiger partial charge in [0.25, 0.3) is 11.8 Å². The molecule has 2 saturated heterocycles. The number of carbonyl (C=O) groups is 4. The molecule has 0 spiro atoms. The Balaban J connectivity index is 1.29. The van der Waals surface area contributed by atoms with Crippen LogP contribution in [0.5, 0.6) is 0 Å². The highest BCUT2D eigenvalue weighted by molar-refractivity contribution is 7.10. The lowest BCUT2D eigenvalue weighted by Crippen LogP contribution is -2.53. The number of carbonyl (C=O) groups excluding carboxylic acids is 4. The number of rotatable bonds is 11. The van der Waals surface area contributed by atoms with Gasteiger partial charge in [-0.2, -0.15) is 0 Å². The zero-order chi connectivity index (χ0) is 31.4. The molecular formula is C30H32ClN3O8S2. The topological polar surface area (TPSA) is 133 Å². The van der Waals surface area contributed by atoms with Crippen LogP contribution in [0.25, 0.3) is 0 Å². The van der Waals surface area contributed by atoms with Crippen LogP contribution in [0.2, 0.25) is 5.02 Å². The van der Waals surface area contributed by atoms with Crippen molar-refractivity contribution in [3.05, 3.63) is 72.8 Å². The lowest BCUT2D eigenvalue weighted by atomic mass is 10.1. The SMILES string of the molecule is CC(=O)O[C@@H](C(=O)NCc1cc(Cc2ccccc2Cl)cs1)[C@@H](OC(C)=O)C(=O)N1CCC[C@@H]1c1nc(C2OC(C)O2)cs1. The van der Waals surface area contributed by atoms with Gasteiger partial charge in [0.2, 0.25) is 18.5 Å². The minimum absolute atomic E-state index is 0.114. The summed E-state index contributed by atoms with van der Waals surface area (Å²) >= 11 is 9.10. The summed E-state index contributed by atoms with van der Waals surface area (Å²) < 4.78 is 21.7. The Morgan fingerprint density at radius 2 is 1.82 bits per heavy atom. The molecule has 4 heterocycles. The number of thiazole rings is 1. The molecule has 0 aliphatic carbocycles. The van der Waals surface area contributed by atoms with Crippen LogP contribution < -0.4 is 5.32 Å². The van der Waals surface area contributed by atoms with E-state index >= 15 is 0 Å². The minimum Gasteiger partial charge on any atom is -0.448 e. The van der Waals surface area contributed by atoms with E-state index in [1.807, 2.05) is 41.1 Å². The maximum Gasteiger partial charge on any atom is 0.303 e. The molecule has 0 radical (unpaired) electrons. The highest BCUT2D eigenvalue weighted by Crippen LogP contribution is 2.38. The van der Waals surface area contributed by atoms with E-state index in [9.17, 15) is 19.2 Å². The van der Waals surface area contributed by atoms with Crippen LogP contribution in [0.3, 0.4) is 0 Å². The number of hydrogen-bond donors (Lipinski definition) is 1. The van der Waals surface area contributed by atoms with Gasteiger partial charge in [-0.05, 0) is 54.8 Å². The molecule has 0 saturated carbocycles. The van der Waals surface area contributed by atoms with E-state index < -0.39 is 48.3 Å². The molecule has 3 atom stereocenters. The normalized spacial score (nSPS) is 20.8. The summed E-state index contributed by atoms with van der Waals surface area (Å²) in [5.74, 6) is -3.01. The predicted octanol–water partition coefficient (Wildman–Crippen LogP) is 4.68. The maximum atomic E-state index is 13.9. The largest absolute Gasteiger partial charge is 0.448 e. The predicted molar refractivity (Wildman–Crippen MR) is 162 cm³/mol. The fraction of sp³-hybridized carbons (Fsp3) is 0.433. The number of esters is 2. The number of likely N-dealkylation sites (tertiary alicyclic amines) is 1. The summed E-state index contributed by atoms with van der Waals surface area (Å²) in [6.07, 6.45) is -2.33. The van der Waals surface area contributed by atoms with Crippen molar-refractivity contribution in [3.63, 3.8) is 0 Å². The summed E-state index contributed by atoms with van der Waals surface area (Å²) in [5.41, 5.74) is 2.61. The second-order valence-electron chi connectivity index (χ2n) is 10.4. The van der Waals surface area contributed by atoms with Crippen LogP contribution in [0, 0.1) is 0 Å². The number of hydrogen-bond acceptors (Lipinski definition) is 11. The molecule has 2 aliphatic rings. The van der Waals surface area contributed by atoms with Gasteiger partial charge in [-0.15, -0.1) is 22.7 Å². The number of aromatic nitrogens is 1. The molecule has 14 heteroatoms. The van der Waals surface area contributed by atoms with Crippen molar-refractivity contribution in [2.24, 2.45) is 0 Å². The van der Waals surface area contributed by atoms with Gasteiger partial charge in [-0.25, -0.2) is 4.98 Å². The van der Waals surface area contributed by atoms with Crippen molar-refractivity contribution >= 4 is 58.0 Å². The fourth-order valence-electron chi connectivity index (χ4n) is 5.11. The fourth-order valence-corrected chi connectivity index (χ4v) is 7.11. The first-order chi connectivity index (χ1) is 21.1. The Morgan fingerprint density at radius 1 is 1.09 bits per heavy atom. The second kappa shape index (κ2) is 14.2. The summed E-state index contributed by atoms with van der Waals surface area (Å²) in [6, 6.07) is 9.10. The molecule has 11 nitrogen and oxygen atoms in total. The molecule has 5 rings (SSSR count). The summed E-state index contributed by atoms with van der Waals surface area (Å²) in [7, 11) is 0. The number of halogens is 1. The van der Waals surface area contributed by atoms with Crippen molar-refractivity contribution in [2.45, 2.75) is 77.4 Å². The molecule has 234 valence electrons. The van der Waals surface area contributed by atoms with Gasteiger partial charge < -0.3 is 29.2 Å². The Bertz CT molecular complexity index is 1520. The molecule has 1 N–H and O–H groups in total. The van der Waals surface area contributed by atoms with Crippen molar-refractivity contribution in [1.82, 2.24) is 15.2 Å². The van der Waals surface area contributed by atoms with Gasteiger partial charge in [-0.1, -0.05) is 29.8 Å². The third kappa shape index (κ3) is 7.64. The monoisotopic (exact) mass is 661 g/mol. The van der Waals surface area contributed by atoms with E-state index in [1.165, 1.54) is 27.6 Å². The molecule has 2 aromatic heterocycles. The zero-order valence-corrected chi connectivity index (χ0v) is 26.7. The summed E-state index contributed by atoms with van der Waals surface area (Å²) in [6.45, 7) is 4.50. The first kappa shape index (κ1) is 32.0. The number of nitrogens with one attached hydrogen (secondary N) is 1. The quantitative estimate of drug-likeness (QED) is 0.291. The van der Waals surface area contributed by atoms with Gasteiger partial charge in [0.1, 0.15) is 10.7 Å². The Kier molecular flexibility index (Phi) is 10.3. The first-order valence-corrected chi connectivity index (χ1v) is 16.2. The molecular weight excluding hydrogens is 630 g/mol. The van der Waals surface area contributed by atoms with E-state index in [-0.39, 0.29) is 12.8 Å². The maximum absolute atomic E-state index is 13.9. The van der Waals surface area contributed by atoms with Crippen LogP contribution in [-0.4, -0.2) is 58.7 Å². The average molecular weight is 662 g/mol. The third-order valence-electron chi connectivity index (χ3n) is 7.09. The molecule has 0 bridgehead atoms. The van der Waals surface area contributed by atoms with Gasteiger partial charge in [0.05, 0.1) is 12.6 Å². The van der Waals surface area contributed by atoms with Gasteiger partial charge in [-0.3, -0.25) is 19.2 Å². The van der Waals surface area contributed by atoms with Crippen LogP contribution in [0.15, 0.2) is 41.1 Å². The van der Waals surface area contributed by atoms with E-state index in [4.69, 9.17) is 30.5 Å². The van der Waals surface area contributed by atoms with Crippen molar-refractivity contribution in [1.29, 1.82) is 0 Å². The van der Waals surface area contributed by atoms with Crippen molar-refractivity contribution < 1.29 is 38.1 Å². The minimum atomic E-state index is -1.70. The first-order valence-electron chi connectivity index (χ1n) is 14.1. The van der Waals surface area contributed by atoms with Crippen molar-refractivity contribution in [3.8, 4) is 0 Å². The molecule has 2 fully saturated rings. The van der Waals surface area contributed by atoms with Crippen LogP contribution >= 0.6 is 34.3 Å². The van der Waals surface area contributed by atoms with Crippen LogP contribution in [0.4, 0.5) is 0 Å². The third-order valence-corrected chi connectivity index (χ3v) is 9.41. The number of benzene rings is 1. The van der Waals surface area contributed by atoms with Crippen molar-refractivity contribution in [2.75, 3.05) is 6.54 Å². The number of ether oxygens (including phenoxy) is 4. The van der Waals surface area contributed by atoms with Crippen LogP contribution in [0.1, 0.15) is 72.7 Å². The molecule has 44 heavy (non-hydrogen) atoms. The zero-order valence-electron chi connectivity index (χ0n) is 24.3. The van der Waals surface area contributed by atoms with Gasteiger partial charge >= 0.3 is 11.9 Å². The van der Waals surface area contributed by atoms with E-state index in [0.29, 0.717) is 41.5 Å². The Labute approximate surface area is 267 Å².